The number of anilines is 1. The van der Waals surface area contributed by atoms with Crippen LogP contribution in [0.3, 0.4) is 0 Å². The van der Waals surface area contributed by atoms with Gasteiger partial charge in [0.2, 0.25) is 0 Å². The number of benzene rings is 2. The van der Waals surface area contributed by atoms with Gasteiger partial charge in [-0.15, -0.1) is 0 Å². The van der Waals surface area contributed by atoms with Crippen LogP contribution in [0.4, 0.5) is 10.6 Å². The Balaban J connectivity index is 1.49. The van der Waals surface area contributed by atoms with Crippen molar-refractivity contribution in [1.82, 2.24) is 15.2 Å². The summed E-state index contributed by atoms with van der Waals surface area (Å²) in [6, 6.07) is 18.9. The van der Waals surface area contributed by atoms with Gasteiger partial charge in [0.1, 0.15) is 5.82 Å². The normalized spacial score (nSPS) is 19.0. The molecule has 0 aliphatic carbocycles. The maximum absolute atomic E-state index is 14.0. The van der Waals surface area contributed by atoms with Crippen LogP contribution in [-0.2, 0) is 0 Å². The summed E-state index contributed by atoms with van der Waals surface area (Å²) in [6.07, 6.45) is 6.96. The van der Waals surface area contributed by atoms with Crippen LogP contribution in [0.5, 0.6) is 0 Å². The van der Waals surface area contributed by atoms with E-state index in [9.17, 15) is 4.79 Å². The molecule has 0 bridgehead atoms. The molecule has 1 fully saturated rings. The van der Waals surface area contributed by atoms with E-state index in [4.69, 9.17) is 4.98 Å². The van der Waals surface area contributed by atoms with Crippen molar-refractivity contribution in [2.75, 3.05) is 31.1 Å². The number of nitrogens with zero attached hydrogens (tertiary/aromatic N) is 3. The van der Waals surface area contributed by atoms with E-state index in [1.165, 1.54) is 11.1 Å². The smallest absolute Gasteiger partial charge is 0.320 e. The lowest BCUT2D eigenvalue weighted by atomic mass is 9.99. The Bertz CT molecular complexity index is 1130. The van der Waals surface area contributed by atoms with Gasteiger partial charge in [-0.2, -0.15) is 0 Å². The Hall–Kier alpha value is -3.18. The number of amides is 2. The second-order valence-electron chi connectivity index (χ2n) is 8.75. The number of nitrogens with one attached hydrogen (secondary N) is 1. The summed E-state index contributed by atoms with van der Waals surface area (Å²) < 4.78 is 0. The average molecular weight is 427 g/mol. The second kappa shape index (κ2) is 9.13. The van der Waals surface area contributed by atoms with Gasteiger partial charge in [0.15, 0.2) is 0 Å². The van der Waals surface area contributed by atoms with Gasteiger partial charge >= 0.3 is 6.03 Å². The van der Waals surface area contributed by atoms with Gasteiger partial charge in [-0.05, 0) is 60.9 Å². The molecule has 0 spiro atoms. The summed E-state index contributed by atoms with van der Waals surface area (Å²) in [4.78, 5) is 22.7. The summed E-state index contributed by atoms with van der Waals surface area (Å²) in [7, 11) is 0. The van der Waals surface area contributed by atoms with Crippen LogP contribution < -0.4 is 10.2 Å². The van der Waals surface area contributed by atoms with E-state index in [0.29, 0.717) is 6.54 Å². The molecule has 2 aliphatic heterocycles. The highest BCUT2D eigenvalue weighted by Gasteiger charge is 2.33. The summed E-state index contributed by atoms with van der Waals surface area (Å²) >= 11 is 0. The zero-order valence-electron chi connectivity index (χ0n) is 18.6. The van der Waals surface area contributed by atoms with Gasteiger partial charge < -0.3 is 10.2 Å². The molecule has 0 saturated carbocycles. The minimum atomic E-state index is 0.0605. The fraction of sp³-hybridized carbons (Fsp3) is 0.333. The minimum absolute atomic E-state index is 0.0605. The molecule has 5 heteroatoms. The third-order valence-electron chi connectivity index (χ3n) is 6.67. The van der Waals surface area contributed by atoms with E-state index in [1.807, 2.05) is 28.1 Å². The highest BCUT2D eigenvalue weighted by Crippen LogP contribution is 2.32. The molecule has 1 N–H and O–H groups in total. The molecule has 32 heavy (non-hydrogen) atoms. The second-order valence-corrected chi connectivity index (χ2v) is 8.75. The Morgan fingerprint density at radius 3 is 2.75 bits per heavy atom. The lowest BCUT2D eigenvalue weighted by Crippen LogP contribution is -2.54. The number of urea groups is 1. The van der Waals surface area contributed by atoms with Crippen LogP contribution in [0.2, 0.25) is 0 Å². The molecule has 164 valence electrons. The van der Waals surface area contributed by atoms with Crippen LogP contribution >= 0.6 is 0 Å². The van der Waals surface area contributed by atoms with Crippen LogP contribution in [-0.4, -0.2) is 48.1 Å². The number of rotatable bonds is 3. The number of hydrogen-bond acceptors (Lipinski definition) is 3. The highest BCUT2D eigenvalue weighted by atomic mass is 16.2. The minimum Gasteiger partial charge on any atom is -0.320 e. The molecule has 1 saturated heterocycles. The lowest BCUT2D eigenvalue weighted by Gasteiger charge is -2.38. The first-order valence-corrected chi connectivity index (χ1v) is 11.6. The maximum atomic E-state index is 14.0. The zero-order chi connectivity index (χ0) is 21.9. The highest BCUT2D eigenvalue weighted by molar-refractivity contribution is 6.03. The number of piperidine rings is 1. The maximum Gasteiger partial charge on any atom is 0.326 e. The zero-order valence-corrected chi connectivity index (χ0v) is 18.6. The van der Waals surface area contributed by atoms with Gasteiger partial charge in [0, 0.05) is 31.2 Å². The van der Waals surface area contributed by atoms with Crippen LogP contribution in [0, 0.1) is 6.92 Å². The Labute approximate surface area is 189 Å². The number of aromatic nitrogens is 1. The molecule has 2 aliphatic rings. The van der Waals surface area contributed by atoms with E-state index < -0.39 is 0 Å². The van der Waals surface area contributed by atoms with E-state index in [-0.39, 0.29) is 12.1 Å². The Morgan fingerprint density at radius 2 is 2.00 bits per heavy atom. The summed E-state index contributed by atoms with van der Waals surface area (Å²) in [6.45, 7) is 5.26. The SMILES string of the molecule is Cc1cccc2ccnc(N(C(=O)N3CC=C(c4ccccc4)CC3)[C@@H]3CCCNC3)c12. The lowest BCUT2D eigenvalue weighted by molar-refractivity contribution is 0.205. The first kappa shape index (κ1) is 20.7. The van der Waals surface area contributed by atoms with Crippen molar-refractivity contribution < 1.29 is 4.79 Å². The molecule has 2 amide bonds. The third-order valence-corrected chi connectivity index (χ3v) is 6.67. The molecule has 0 radical (unpaired) electrons. The van der Waals surface area contributed by atoms with E-state index in [1.54, 1.807) is 0 Å². The molecule has 3 aromatic rings. The fourth-order valence-corrected chi connectivity index (χ4v) is 4.95. The van der Waals surface area contributed by atoms with Crippen molar-refractivity contribution in [2.24, 2.45) is 0 Å². The van der Waals surface area contributed by atoms with Crippen molar-refractivity contribution in [2.45, 2.75) is 32.2 Å². The molecule has 2 aromatic carbocycles. The molecule has 3 heterocycles. The van der Waals surface area contributed by atoms with Crippen molar-refractivity contribution in [3.05, 3.63) is 78.0 Å². The summed E-state index contributed by atoms with van der Waals surface area (Å²) in [5.74, 6) is 0.789. The third kappa shape index (κ3) is 4.00. The number of pyridine rings is 1. The van der Waals surface area contributed by atoms with E-state index in [2.05, 4.69) is 60.8 Å². The fourth-order valence-electron chi connectivity index (χ4n) is 4.95. The van der Waals surface area contributed by atoms with Crippen LogP contribution in [0.25, 0.3) is 16.3 Å². The van der Waals surface area contributed by atoms with E-state index >= 15 is 0 Å². The summed E-state index contributed by atoms with van der Waals surface area (Å²) in [5.41, 5.74) is 3.72. The molecule has 0 unspecified atom stereocenters. The summed E-state index contributed by atoms with van der Waals surface area (Å²) in [5, 5.41) is 5.68. The predicted molar refractivity (Wildman–Crippen MR) is 131 cm³/mol. The van der Waals surface area contributed by atoms with Gasteiger partial charge in [0.25, 0.3) is 0 Å². The topological polar surface area (TPSA) is 48.5 Å². The van der Waals surface area contributed by atoms with Crippen molar-refractivity contribution in [3.8, 4) is 0 Å². The predicted octanol–water partition coefficient (Wildman–Crippen LogP) is 5.01. The molecular formula is C27H30N4O. The molecule has 1 aromatic heterocycles. The standard InChI is InChI=1S/C27H30N4O/c1-20-7-5-10-23-12-16-29-26(25(20)23)31(24-11-6-15-28-19-24)27(32)30-17-13-22(14-18-30)21-8-3-2-4-9-21/h2-5,7-10,12-13,16,24,28H,6,11,14-15,17-19H2,1H3/t24-/m1/s1. The number of carbonyl (C=O) groups excluding carboxylic acids is 1. The number of hydrogen-bond donors (Lipinski definition) is 1. The van der Waals surface area contributed by atoms with Crippen molar-refractivity contribution in [1.29, 1.82) is 0 Å². The molecule has 1 atom stereocenters. The Morgan fingerprint density at radius 1 is 1.12 bits per heavy atom. The molecule has 5 rings (SSSR count). The van der Waals surface area contributed by atoms with Crippen molar-refractivity contribution >= 4 is 28.2 Å². The largest absolute Gasteiger partial charge is 0.326 e. The first-order valence-electron chi connectivity index (χ1n) is 11.6. The Kier molecular flexibility index (Phi) is 5.91. The molecular weight excluding hydrogens is 396 g/mol. The van der Waals surface area contributed by atoms with Gasteiger partial charge in [-0.3, -0.25) is 4.90 Å². The number of aryl methyl sites for hydroxylation is 1. The van der Waals surface area contributed by atoms with Gasteiger partial charge in [-0.1, -0.05) is 54.6 Å². The quantitative estimate of drug-likeness (QED) is 0.640. The number of fused-ring (bicyclic) bond motifs is 1. The first-order chi connectivity index (χ1) is 15.7. The van der Waals surface area contributed by atoms with Gasteiger partial charge in [0.05, 0.1) is 6.04 Å². The molecule has 5 nitrogen and oxygen atoms in total. The van der Waals surface area contributed by atoms with E-state index in [0.717, 1.165) is 61.1 Å². The van der Waals surface area contributed by atoms with Crippen molar-refractivity contribution in [3.63, 3.8) is 0 Å². The van der Waals surface area contributed by atoms with Crippen LogP contribution in [0.15, 0.2) is 66.9 Å². The van der Waals surface area contributed by atoms with Gasteiger partial charge in [-0.25, -0.2) is 9.78 Å². The van der Waals surface area contributed by atoms with Crippen LogP contribution in [0.1, 0.15) is 30.4 Å². The number of carbonyl (C=O) groups is 1. The monoisotopic (exact) mass is 426 g/mol. The average Bonchev–Trinajstić information content (AvgIpc) is 2.86.